The average Bonchev–Trinajstić information content (AvgIpc) is 3.19. The first-order valence-electron chi connectivity index (χ1n) is 8.25. The lowest BCUT2D eigenvalue weighted by molar-refractivity contribution is -0.00526. The summed E-state index contributed by atoms with van der Waals surface area (Å²) in [6.45, 7) is 7.16. The Balaban J connectivity index is 1.87. The Kier molecular flexibility index (Phi) is 4.42. The predicted molar refractivity (Wildman–Crippen MR) is 100 cm³/mol. The number of carbonyl (C=O) groups is 1. The summed E-state index contributed by atoms with van der Waals surface area (Å²) in [7, 11) is 0. The molecule has 0 aliphatic carbocycles. The molecule has 4 heterocycles. The summed E-state index contributed by atoms with van der Waals surface area (Å²) in [5.41, 5.74) is 2.14. The van der Waals surface area contributed by atoms with Crippen LogP contribution in [-0.4, -0.2) is 46.7 Å². The van der Waals surface area contributed by atoms with Crippen LogP contribution < -0.4 is 4.90 Å². The second kappa shape index (κ2) is 6.61. The van der Waals surface area contributed by atoms with Crippen molar-refractivity contribution in [3.05, 3.63) is 21.8 Å². The molecule has 0 saturated carbocycles. The van der Waals surface area contributed by atoms with Crippen molar-refractivity contribution >= 4 is 46.0 Å². The Bertz CT molecular complexity index is 976. The molecular formula is C17H17ClN4O3S. The fourth-order valence-electron chi connectivity index (χ4n) is 3.27. The number of ether oxygens (including phenoxy) is 1. The molecule has 26 heavy (non-hydrogen) atoms. The number of aryl methyl sites for hydroxylation is 1. The van der Waals surface area contributed by atoms with Gasteiger partial charge in [-0.15, -0.1) is 11.3 Å². The number of fused-ring (bicyclic) bond motifs is 1. The Hall–Kier alpha value is -2.03. The topological polar surface area (TPSA) is 81.4 Å². The minimum Gasteiger partial charge on any atom is -0.372 e. The molecule has 136 valence electrons. The van der Waals surface area contributed by atoms with Crippen LogP contribution in [0.4, 0.5) is 5.69 Å². The van der Waals surface area contributed by atoms with Crippen LogP contribution in [0.2, 0.25) is 5.02 Å². The number of carbonyl (C=O) groups excluding carboxylic acids is 1. The van der Waals surface area contributed by atoms with Gasteiger partial charge in [-0.05, 0) is 20.8 Å². The van der Waals surface area contributed by atoms with Gasteiger partial charge in [0.1, 0.15) is 21.2 Å². The number of rotatable bonds is 3. The first-order valence-corrected chi connectivity index (χ1v) is 9.44. The van der Waals surface area contributed by atoms with Gasteiger partial charge in [0.15, 0.2) is 12.0 Å². The number of halogens is 1. The van der Waals surface area contributed by atoms with Gasteiger partial charge in [-0.2, -0.15) is 0 Å². The number of morpholine rings is 1. The van der Waals surface area contributed by atoms with Gasteiger partial charge in [-0.1, -0.05) is 16.8 Å². The first kappa shape index (κ1) is 17.4. The van der Waals surface area contributed by atoms with Crippen molar-refractivity contribution in [2.75, 3.05) is 18.0 Å². The van der Waals surface area contributed by atoms with Gasteiger partial charge in [0.05, 0.1) is 17.9 Å². The number of pyridine rings is 1. The highest BCUT2D eigenvalue weighted by Crippen LogP contribution is 2.39. The number of nitrogens with zero attached hydrogens (tertiary/aromatic N) is 4. The van der Waals surface area contributed by atoms with E-state index in [1.165, 1.54) is 11.3 Å². The maximum absolute atomic E-state index is 11.8. The molecule has 1 fully saturated rings. The van der Waals surface area contributed by atoms with Gasteiger partial charge in [0.25, 0.3) is 0 Å². The number of anilines is 1. The molecule has 9 heteroatoms. The zero-order valence-corrected chi connectivity index (χ0v) is 16.1. The fourth-order valence-corrected chi connectivity index (χ4v) is 4.36. The number of thiazole rings is 1. The maximum Gasteiger partial charge on any atom is 0.206 e. The third kappa shape index (κ3) is 2.87. The monoisotopic (exact) mass is 392 g/mol. The molecule has 0 N–H and O–H groups in total. The number of hydrogen-bond acceptors (Lipinski definition) is 8. The number of hydrogen-bond donors (Lipinski definition) is 0. The van der Waals surface area contributed by atoms with E-state index in [0.29, 0.717) is 45.6 Å². The van der Waals surface area contributed by atoms with Crippen LogP contribution in [0.3, 0.4) is 0 Å². The van der Waals surface area contributed by atoms with Gasteiger partial charge in [-0.25, -0.2) is 9.97 Å². The highest BCUT2D eigenvalue weighted by atomic mass is 35.5. The SMILES string of the molecule is Cc1cnc(-c2noc3c(Cl)c(N4CC(C)OC(C)C4)c(C=O)nc23)s1. The van der Waals surface area contributed by atoms with Crippen molar-refractivity contribution < 1.29 is 14.1 Å². The fraction of sp³-hybridized carbons (Fsp3) is 0.412. The van der Waals surface area contributed by atoms with Crippen molar-refractivity contribution in [3.8, 4) is 10.7 Å². The van der Waals surface area contributed by atoms with E-state index in [2.05, 4.69) is 15.1 Å². The van der Waals surface area contributed by atoms with E-state index in [-0.39, 0.29) is 17.9 Å². The standard InChI is InChI=1S/C17H17ClN4O3S/c1-8-5-22(6-9(2)24-8)15-11(7-23)20-13-14(17-19-4-10(3)26-17)21-25-16(13)12(15)18/h4,7-9H,5-6H2,1-3H3. The lowest BCUT2D eigenvalue weighted by Gasteiger charge is -2.37. The van der Waals surface area contributed by atoms with Gasteiger partial charge in [-0.3, -0.25) is 4.79 Å². The molecule has 0 spiro atoms. The second-order valence-electron chi connectivity index (χ2n) is 6.42. The molecule has 1 saturated heterocycles. The molecule has 7 nitrogen and oxygen atoms in total. The smallest absolute Gasteiger partial charge is 0.206 e. The zero-order valence-electron chi connectivity index (χ0n) is 14.5. The highest BCUT2D eigenvalue weighted by molar-refractivity contribution is 7.15. The van der Waals surface area contributed by atoms with Crippen LogP contribution >= 0.6 is 22.9 Å². The van der Waals surface area contributed by atoms with Crippen molar-refractivity contribution in [3.63, 3.8) is 0 Å². The molecule has 2 unspecified atom stereocenters. The van der Waals surface area contributed by atoms with Crippen LogP contribution in [0.1, 0.15) is 29.2 Å². The molecule has 0 radical (unpaired) electrons. The normalized spacial score (nSPS) is 20.7. The molecule has 1 aliphatic heterocycles. The Morgan fingerprint density at radius 3 is 2.69 bits per heavy atom. The van der Waals surface area contributed by atoms with Crippen LogP contribution in [-0.2, 0) is 4.74 Å². The van der Waals surface area contributed by atoms with E-state index >= 15 is 0 Å². The molecular weight excluding hydrogens is 376 g/mol. The lowest BCUT2D eigenvalue weighted by atomic mass is 10.1. The third-order valence-electron chi connectivity index (χ3n) is 4.22. The Labute approximate surface area is 158 Å². The summed E-state index contributed by atoms with van der Waals surface area (Å²) in [5, 5.41) is 5.12. The van der Waals surface area contributed by atoms with E-state index in [1.807, 2.05) is 25.7 Å². The molecule has 4 rings (SSSR count). The summed E-state index contributed by atoms with van der Waals surface area (Å²) in [6.07, 6.45) is 2.52. The quantitative estimate of drug-likeness (QED) is 0.628. The Morgan fingerprint density at radius 1 is 1.35 bits per heavy atom. The van der Waals surface area contributed by atoms with Gasteiger partial charge >= 0.3 is 0 Å². The van der Waals surface area contributed by atoms with E-state index in [9.17, 15) is 4.79 Å². The van der Waals surface area contributed by atoms with Gasteiger partial charge in [0.2, 0.25) is 5.58 Å². The van der Waals surface area contributed by atoms with Crippen LogP contribution in [0.5, 0.6) is 0 Å². The number of aldehydes is 1. The van der Waals surface area contributed by atoms with E-state index < -0.39 is 0 Å². The van der Waals surface area contributed by atoms with E-state index in [1.54, 1.807) is 6.20 Å². The highest BCUT2D eigenvalue weighted by Gasteiger charge is 2.29. The minimum absolute atomic E-state index is 0.0218. The summed E-state index contributed by atoms with van der Waals surface area (Å²) in [5.74, 6) is 0. The van der Waals surface area contributed by atoms with E-state index in [4.69, 9.17) is 20.9 Å². The van der Waals surface area contributed by atoms with Crippen molar-refractivity contribution in [1.29, 1.82) is 0 Å². The van der Waals surface area contributed by atoms with Crippen molar-refractivity contribution in [1.82, 2.24) is 15.1 Å². The van der Waals surface area contributed by atoms with Crippen LogP contribution in [0, 0.1) is 6.92 Å². The van der Waals surface area contributed by atoms with Crippen LogP contribution in [0.25, 0.3) is 21.8 Å². The average molecular weight is 393 g/mol. The van der Waals surface area contributed by atoms with Gasteiger partial charge < -0.3 is 14.2 Å². The third-order valence-corrected chi connectivity index (χ3v) is 5.49. The summed E-state index contributed by atoms with van der Waals surface area (Å²) in [6, 6.07) is 0. The minimum atomic E-state index is 0.0218. The predicted octanol–water partition coefficient (Wildman–Crippen LogP) is 3.73. The molecule has 3 aromatic heterocycles. The van der Waals surface area contributed by atoms with Crippen molar-refractivity contribution in [2.24, 2.45) is 0 Å². The lowest BCUT2D eigenvalue weighted by Crippen LogP contribution is -2.46. The Morgan fingerprint density at radius 2 is 2.08 bits per heavy atom. The van der Waals surface area contributed by atoms with Gasteiger partial charge in [0, 0.05) is 24.2 Å². The van der Waals surface area contributed by atoms with Crippen molar-refractivity contribution in [2.45, 2.75) is 33.0 Å². The first-order chi connectivity index (χ1) is 12.5. The van der Waals surface area contributed by atoms with Crippen LogP contribution in [0.15, 0.2) is 10.7 Å². The summed E-state index contributed by atoms with van der Waals surface area (Å²) < 4.78 is 11.2. The summed E-state index contributed by atoms with van der Waals surface area (Å²) >= 11 is 8.11. The second-order valence-corrected chi connectivity index (χ2v) is 8.04. The molecule has 2 atom stereocenters. The maximum atomic E-state index is 11.8. The molecule has 0 aromatic carbocycles. The molecule has 3 aromatic rings. The largest absolute Gasteiger partial charge is 0.372 e. The molecule has 0 amide bonds. The summed E-state index contributed by atoms with van der Waals surface area (Å²) in [4.78, 5) is 23.7. The van der Waals surface area contributed by atoms with E-state index in [0.717, 1.165) is 11.2 Å². The molecule has 1 aliphatic rings. The number of aromatic nitrogens is 3. The molecule has 0 bridgehead atoms. The zero-order chi connectivity index (χ0) is 18.4.